The molecule has 0 atom stereocenters. The summed E-state index contributed by atoms with van der Waals surface area (Å²) >= 11 is 0. The molecule has 1 aromatic heterocycles. The number of nitrogens with zero attached hydrogens (tertiary/aromatic N) is 5. The van der Waals surface area contributed by atoms with Gasteiger partial charge in [-0.1, -0.05) is 11.3 Å². The van der Waals surface area contributed by atoms with Crippen LogP contribution in [0.4, 0.5) is 20.3 Å². The van der Waals surface area contributed by atoms with Crippen molar-refractivity contribution in [2.45, 2.75) is 12.8 Å². The average Bonchev–Trinajstić information content (AvgIpc) is 2.76. The van der Waals surface area contributed by atoms with Gasteiger partial charge >= 0.3 is 0 Å². The van der Waals surface area contributed by atoms with Crippen molar-refractivity contribution in [3.05, 3.63) is 53.2 Å². The number of carbonyl (C=O) groups excluding carboxylic acids is 1. The van der Waals surface area contributed by atoms with Gasteiger partial charge in [-0.25, -0.2) is 18.8 Å². The summed E-state index contributed by atoms with van der Waals surface area (Å²) in [6, 6.07) is 4.89. The number of aliphatic imine (C=N–C) groups is 1. The second kappa shape index (κ2) is 9.35. The predicted molar refractivity (Wildman–Crippen MR) is 106 cm³/mol. The summed E-state index contributed by atoms with van der Waals surface area (Å²) < 4.78 is 27.5. The SMILES string of the molecule is NN=NC(=Nc1cccc(F)c1F)c1cc(C(=O)N2CCC(CO)CC2)cnc1N. The van der Waals surface area contributed by atoms with Gasteiger partial charge < -0.3 is 21.6 Å². The maximum absolute atomic E-state index is 14.0. The number of benzene rings is 1. The van der Waals surface area contributed by atoms with Gasteiger partial charge in [0, 0.05) is 25.9 Å². The third-order valence-corrected chi connectivity index (χ3v) is 4.88. The van der Waals surface area contributed by atoms with Crippen LogP contribution in [0.5, 0.6) is 0 Å². The first kappa shape index (κ1) is 21.2. The van der Waals surface area contributed by atoms with Crippen molar-refractivity contribution in [2.75, 3.05) is 25.4 Å². The number of piperidine rings is 1. The summed E-state index contributed by atoms with van der Waals surface area (Å²) in [6.45, 7) is 1.10. The normalized spacial score (nSPS) is 15.7. The number of aliphatic hydroxyl groups is 1. The van der Waals surface area contributed by atoms with Gasteiger partial charge in [0.15, 0.2) is 17.5 Å². The van der Waals surface area contributed by atoms with Gasteiger partial charge in [0.1, 0.15) is 11.5 Å². The quantitative estimate of drug-likeness (QED) is 0.230. The van der Waals surface area contributed by atoms with Gasteiger partial charge in [-0.3, -0.25) is 4.79 Å². The Balaban J connectivity index is 1.95. The number of aliphatic hydroxyl groups excluding tert-OH is 1. The molecule has 2 aromatic rings. The van der Waals surface area contributed by atoms with E-state index in [1.807, 2.05) is 0 Å². The molecule has 1 saturated heterocycles. The van der Waals surface area contributed by atoms with Crippen LogP contribution in [0.2, 0.25) is 0 Å². The molecular formula is C19H21F2N7O2. The number of nitrogens with two attached hydrogens (primary N) is 2. The molecule has 1 aliphatic heterocycles. The maximum Gasteiger partial charge on any atom is 0.255 e. The van der Waals surface area contributed by atoms with Gasteiger partial charge in [-0.05, 0) is 37.0 Å². The number of anilines is 1. The van der Waals surface area contributed by atoms with Crippen LogP contribution in [0.3, 0.4) is 0 Å². The highest BCUT2D eigenvalue weighted by Crippen LogP contribution is 2.24. The number of hydrogen-bond acceptors (Lipinski definition) is 6. The van der Waals surface area contributed by atoms with Gasteiger partial charge in [-0.2, -0.15) is 0 Å². The van der Waals surface area contributed by atoms with Gasteiger partial charge in [-0.15, -0.1) is 5.11 Å². The number of pyridine rings is 1. The van der Waals surface area contributed by atoms with Crippen LogP contribution in [0.1, 0.15) is 28.8 Å². The fraction of sp³-hybridized carbons (Fsp3) is 0.316. The number of aromatic nitrogens is 1. The summed E-state index contributed by atoms with van der Waals surface area (Å²) in [4.78, 5) is 22.5. The molecule has 1 aliphatic rings. The minimum Gasteiger partial charge on any atom is -0.396 e. The fourth-order valence-corrected chi connectivity index (χ4v) is 3.16. The number of nitrogen functional groups attached to an aromatic ring is 1. The Labute approximate surface area is 171 Å². The van der Waals surface area contributed by atoms with E-state index in [2.05, 4.69) is 20.3 Å². The lowest BCUT2D eigenvalue weighted by Crippen LogP contribution is -2.39. The summed E-state index contributed by atoms with van der Waals surface area (Å²) in [5.74, 6) is 2.52. The van der Waals surface area contributed by atoms with Crippen LogP contribution in [0.15, 0.2) is 45.8 Å². The first-order valence-corrected chi connectivity index (χ1v) is 9.24. The number of halogens is 2. The van der Waals surface area contributed by atoms with E-state index in [4.69, 9.17) is 11.6 Å². The molecule has 0 radical (unpaired) electrons. The largest absolute Gasteiger partial charge is 0.396 e. The van der Waals surface area contributed by atoms with Crippen molar-refractivity contribution in [3.63, 3.8) is 0 Å². The zero-order valence-electron chi connectivity index (χ0n) is 16.0. The third kappa shape index (κ3) is 4.57. The zero-order chi connectivity index (χ0) is 21.7. The predicted octanol–water partition coefficient (Wildman–Crippen LogP) is 2.19. The van der Waals surface area contributed by atoms with Crippen molar-refractivity contribution in [2.24, 2.45) is 27.1 Å². The van der Waals surface area contributed by atoms with Crippen molar-refractivity contribution in [1.82, 2.24) is 9.88 Å². The highest BCUT2D eigenvalue weighted by Gasteiger charge is 2.24. The van der Waals surface area contributed by atoms with Crippen LogP contribution < -0.4 is 11.6 Å². The fourth-order valence-electron chi connectivity index (χ4n) is 3.16. The Morgan fingerprint density at radius 2 is 2.03 bits per heavy atom. The van der Waals surface area contributed by atoms with E-state index in [1.54, 1.807) is 4.90 Å². The summed E-state index contributed by atoms with van der Waals surface area (Å²) in [7, 11) is 0. The average molecular weight is 417 g/mol. The molecule has 3 rings (SSSR count). The van der Waals surface area contributed by atoms with Gasteiger partial charge in [0.2, 0.25) is 0 Å². The molecule has 9 nitrogen and oxygen atoms in total. The molecule has 0 unspecified atom stereocenters. The smallest absolute Gasteiger partial charge is 0.255 e. The first-order chi connectivity index (χ1) is 14.4. The number of hydrogen-bond donors (Lipinski definition) is 3. The molecule has 1 amide bonds. The number of amides is 1. The molecule has 0 saturated carbocycles. The Morgan fingerprint density at radius 1 is 1.30 bits per heavy atom. The highest BCUT2D eigenvalue weighted by atomic mass is 19.2. The number of likely N-dealkylation sites (tertiary alicyclic amines) is 1. The van der Waals surface area contributed by atoms with E-state index in [0.717, 1.165) is 6.07 Å². The minimum absolute atomic E-state index is 0.0338. The molecular weight excluding hydrogens is 396 g/mol. The van der Waals surface area contributed by atoms with Crippen LogP contribution in [-0.4, -0.2) is 46.4 Å². The Hall–Kier alpha value is -3.47. The first-order valence-electron chi connectivity index (χ1n) is 9.24. The second-order valence-electron chi connectivity index (χ2n) is 6.80. The van der Waals surface area contributed by atoms with Crippen LogP contribution >= 0.6 is 0 Å². The Kier molecular flexibility index (Phi) is 6.62. The third-order valence-electron chi connectivity index (χ3n) is 4.88. The van der Waals surface area contributed by atoms with Crippen LogP contribution in [0, 0.1) is 17.6 Å². The van der Waals surface area contributed by atoms with Crippen molar-refractivity contribution in [1.29, 1.82) is 0 Å². The topological polar surface area (TPSA) is 143 Å². The number of rotatable bonds is 4. The molecule has 0 aliphatic carbocycles. The Morgan fingerprint density at radius 3 is 2.70 bits per heavy atom. The zero-order valence-corrected chi connectivity index (χ0v) is 16.0. The van der Waals surface area contributed by atoms with Crippen LogP contribution in [-0.2, 0) is 0 Å². The lowest BCUT2D eigenvalue weighted by atomic mass is 9.97. The van der Waals surface area contributed by atoms with E-state index in [9.17, 15) is 18.7 Å². The van der Waals surface area contributed by atoms with E-state index < -0.39 is 11.6 Å². The standard InChI is InChI=1S/C19H21F2N7O2/c20-14-2-1-3-15(16(14)21)25-18(26-27-23)13-8-12(9-24-17(13)22)19(30)28-6-4-11(10-29)5-7-28/h1-3,8-9,11,29H,4-7,10H2,(H2,22,24)(H2,23,25,26). The lowest BCUT2D eigenvalue weighted by molar-refractivity contribution is 0.0650. The number of carbonyl (C=O) groups is 1. The monoisotopic (exact) mass is 417 g/mol. The molecule has 0 bridgehead atoms. The summed E-state index contributed by atoms with van der Waals surface area (Å²) in [5.41, 5.74) is 5.89. The van der Waals surface area contributed by atoms with Crippen LogP contribution in [0.25, 0.3) is 0 Å². The van der Waals surface area contributed by atoms with Crippen molar-refractivity contribution >= 4 is 23.2 Å². The molecule has 5 N–H and O–H groups in total. The molecule has 1 fully saturated rings. The summed E-state index contributed by atoms with van der Waals surface area (Å²) in [6.07, 6.45) is 2.72. The molecule has 0 spiro atoms. The highest BCUT2D eigenvalue weighted by molar-refractivity contribution is 6.06. The molecule has 158 valence electrons. The minimum atomic E-state index is -1.17. The van der Waals surface area contributed by atoms with E-state index in [-0.39, 0.29) is 46.9 Å². The van der Waals surface area contributed by atoms with E-state index in [1.165, 1.54) is 24.4 Å². The van der Waals surface area contributed by atoms with E-state index >= 15 is 0 Å². The van der Waals surface area contributed by atoms with Crippen molar-refractivity contribution in [3.8, 4) is 0 Å². The Bertz CT molecular complexity index is 989. The molecule has 11 heteroatoms. The molecule has 30 heavy (non-hydrogen) atoms. The van der Waals surface area contributed by atoms with Crippen molar-refractivity contribution < 1.29 is 18.7 Å². The van der Waals surface area contributed by atoms with Gasteiger partial charge in [0.25, 0.3) is 5.91 Å². The maximum atomic E-state index is 14.0. The van der Waals surface area contributed by atoms with Gasteiger partial charge in [0.05, 0.1) is 11.1 Å². The van der Waals surface area contributed by atoms with E-state index in [0.29, 0.717) is 25.9 Å². The molecule has 1 aromatic carbocycles. The second-order valence-corrected chi connectivity index (χ2v) is 6.80. The molecule has 2 heterocycles. The number of amidine groups is 1. The summed E-state index contributed by atoms with van der Waals surface area (Å²) in [5, 5.41) is 16.1. The lowest BCUT2D eigenvalue weighted by Gasteiger charge is -2.31.